The Bertz CT molecular complexity index is 1170. The maximum atomic E-state index is 9.43. The summed E-state index contributed by atoms with van der Waals surface area (Å²) in [6, 6.07) is 21.8. The van der Waals surface area contributed by atoms with Gasteiger partial charge in [0.25, 0.3) is 0 Å². The predicted octanol–water partition coefficient (Wildman–Crippen LogP) is 4.98. The van der Waals surface area contributed by atoms with E-state index in [-0.39, 0.29) is 11.0 Å². The van der Waals surface area contributed by atoms with Crippen LogP contribution in [0.4, 0.5) is 11.4 Å². The van der Waals surface area contributed by atoms with E-state index in [0.717, 1.165) is 27.4 Å². The van der Waals surface area contributed by atoms with Crippen molar-refractivity contribution < 1.29 is 5.48 Å². The second-order valence-electron chi connectivity index (χ2n) is 6.06. The molecule has 2 heterocycles. The molecule has 0 radical (unpaired) electrons. The Morgan fingerprint density at radius 2 is 1.66 bits per heavy atom. The van der Waals surface area contributed by atoms with E-state index in [2.05, 4.69) is 16.4 Å². The molecule has 0 bridgehead atoms. The van der Waals surface area contributed by atoms with Crippen LogP contribution in [0.15, 0.2) is 88.4 Å². The molecule has 2 aromatic carbocycles. The fourth-order valence-electron chi connectivity index (χ4n) is 2.93. The second-order valence-corrected chi connectivity index (χ2v) is 7.14. The van der Waals surface area contributed by atoms with Crippen LogP contribution < -0.4 is 5.32 Å². The van der Waals surface area contributed by atoms with Gasteiger partial charge >= 0.3 is 0 Å². The molecule has 6 heteroatoms. The van der Waals surface area contributed by atoms with Gasteiger partial charge in [-0.1, -0.05) is 42.1 Å². The minimum absolute atomic E-state index is 0. The van der Waals surface area contributed by atoms with Crippen LogP contribution in [0.5, 0.6) is 0 Å². The molecule has 0 spiro atoms. The Hall–Kier alpha value is -3.84. The lowest BCUT2D eigenvalue weighted by atomic mass is 9.99. The lowest BCUT2D eigenvalue weighted by Gasteiger charge is -2.21. The van der Waals surface area contributed by atoms with Gasteiger partial charge in [-0.05, 0) is 47.5 Å². The first-order chi connectivity index (χ1) is 13.8. The van der Waals surface area contributed by atoms with Crippen molar-refractivity contribution in [2.75, 3.05) is 5.32 Å². The molecular formula is C23H16N4OS. The summed E-state index contributed by atoms with van der Waals surface area (Å²) in [5, 5.41) is 22.3. The summed E-state index contributed by atoms with van der Waals surface area (Å²) in [5.74, 6) is 0. The zero-order chi connectivity index (χ0) is 19.3. The third-order valence-electron chi connectivity index (χ3n) is 4.31. The Balaban J connectivity index is 0.00000240. The van der Waals surface area contributed by atoms with Crippen LogP contribution in [0.2, 0.25) is 0 Å². The first kappa shape index (κ1) is 19.9. The number of nitriles is 2. The number of pyridine rings is 1. The number of allylic oxidation sites excluding steroid dienone is 3. The number of para-hydroxylation sites is 1. The van der Waals surface area contributed by atoms with Crippen LogP contribution >= 0.6 is 11.8 Å². The third kappa shape index (κ3) is 4.20. The molecular weight excluding hydrogens is 380 g/mol. The van der Waals surface area contributed by atoms with E-state index in [1.54, 1.807) is 24.2 Å². The standard InChI is InChI=1S/C23H14N4S.H2O/c24-14-18(15-25)19(7-5-16-9-11-26-12-10-16)17-6-8-23-21(13-17)27-20-3-1-2-4-22(20)28-23;/h1-13,27H;1H2/b7-5+;. The number of hydrogen-bond acceptors (Lipinski definition) is 5. The van der Waals surface area contributed by atoms with Crippen molar-refractivity contribution in [3.8, 4) is 12.1 Å². The van der Waals surface area contributed by atoms with Gasteiger partial charge in [0, 0.05) is 27.8 Å². The summed E-state index contributed by atoms with van der Waals surface area (Å²) >= 11 is 1.70. The van der Waals surface area contributed by atoms with Crippen molar-refractivity contribution in [3.05, 3.63) is 89.8 Å². The number of anilines is 2. The molecule has 3 N–H and O–H groups in total. The maximum absolute atomic E-state index is 9.43. The number of nitrogens with zero attached hydrogens (tertiary/aromatic N) is 3. The van der Waals surface area contributed by atoms with E-state index in [4.69, 9.17) is 0 Å². The Morgan fingerprint density at radius 1 is 0.931 bits per heavy atom. The number of rotatable bonds is 3. The molecule has 0 unspecified atom stereocenters. The normalized spacial score (nSPS) is 11.1. The smallest absolute Gasteiger partial charge is 0.137 e. The Morgan fingerprint density at radius 3 is 2.41 bits per heavy atom. The molecule has 0 fully saturated rings. The summed E-state index contributed by atoms with van der Waals surface area (Å²) in [6.07, 6.45) is 7.09. The largest absolute Gasteiger partial charge is 0.412 e. The number of fused-ring (bicyclic) bond motifs is 2. The molecule has 1 aromatic heterocycles. The van der Waals surface area contributed by atoms with Gasteiger partial charge in [0.1, 0.15) is 17.7 Å². The second kappa shape index (κ2) is 8.90. The zero-order valence-corrected chi connectivity index (χ0v) is 16.1. The van der Waals surface area contributed by atoms with Crippen molar-refractivity contribution in [1.29, 1.82) is 10.5 Å². The zero-order valence-electron chi connectivity index (χ0n) is 15.3. The predicted molar refractivity (Wildman–Crippen MR) is 115 cm³/mol. The average molecular weight is 396 g/mol. The molecule has 29 heavy (non-hydrogen) atoms. The lowest BCUT2D eigenvalue weighted by molar-refractivity contribution is 0.824. The third-order valence-corrected chi connectivity index (χ3v) is 5.46. The summed E-state index contributed by atoms with van der Waals surface area (Å²) in [6.45, 7) is 0. The van der Waals surface area contributed by atoms with Crippen molar-refractivity contribution in [2.45, 2.75) is 9.79 Å². The molecule has 0 saturated carbocycles. The van der Waals surface area contributed by atoms with E-state index >= 15 is 0 Å². The molecule has 0 amide bonds. The highest BCUT2D eigenvalue weighted by Crippen LogP contribution is 2.44. The Kier molecular flexibility index (Phi) is 6.11. The quantitative estimate of drug-likeness (QED) is 0.388. The van der Waals surface area contributed by atoms with Gasteiger partial charge in [0.15, 0.2) is 0 Å². The first-order valence-corrected chi connectivity index (χ1v) is 9.41. The van der Waals surface area contributed by atoms with Crippen molar-refractivity contribution in [1.82, 2.24) is 4.98 Å². The molecule has 1 aliphatic heterocycles. The van der Waals surface area contributed by atoms with E-state index in [1.165, 1.54) is 4.90 Å². The molecule has 4 rings (SSSR count). The monoisotopic (exact) mass is 396 g/mol. The van der Waals surface area contributed by atoms with Crippen LogP contribution in [0.3, 0.4) is 0 Å². The Labute approximate surface area is 173 Å². The van der Waals surface area contributed by atoms with Crippen LogP contribution in [-0.2, 0) is 0 Å². The van der Waals surface area contributed by atoms with Gasteiger partial charge in [-0.15, -0.1) is 0 Å². The molecule has 1 aliphatic rings. The van der Waals surface area contributed by atoms with Gasteiger partial charge in [0.2, 0.25) is 0 Å². The summed E-state index contributed by atoms with van der Waals surface area (Å²) < 4.78 is 0. The highest BCUT2D eigenvalue weighted by Gasteiger charge is 2.17. The van der Waals surface area contributed by atoms with Gasteiger partial charge in [-0.2, -0.15) is 10.5 Å². The fourth-order valence-corrected chi connectivity index (χ4v) is 3.90. The molecule has 0 aliphatic carbocycles. The minimum atomic E-state index is 0. The van der Waals surface area contributed by atoms with E-state index < -0.39 is 0 Å². The van der Waals surface area contributed by atoms with E-state index in [0.29, 0.717) is 5.57 Å². The molecule has 0 atom stereocenters. The van der Waals surface area contributed by atoms with Gasteiger partial charge < -0.3 is 10.8 Å². The number of benzene rings is 2. The lowest BCUT2D eigenvalue weighted by Crippen LogP contribution is -2.00. The van der Waals surface area contributed by atoms with Gasteiger partial charge in [0.05, 0.1) is 11.4 Å². The first-order valence-electron chi connectivity index (χ1n) is 8.59. The molecule has 3 aromatic rings. The summed E-state index contributed by atoms with van der Waals surface area (Å²) in [4.78, 5) is 6.28. The maximum Gasteiger partial charge on any atom is 0.137 e. The van der Waals surface area contributed by atoms with Crippen LogP contribution in [0.1, 0.15) is 11.1 Å². The van der Waals surface area contributed by atoms with Gasteiger partial charge in [-0.3, -0.25) is 4.98 Å². The minimum Gasteiger partial charge on any atom is -0.412 e. The molecule has 0 saturated heterocycles. The van der Waals surface area contributed by atoms with E-state index in [1.807, 2.05) is 72.8 Å². The van der Waals surface area contributed by atoms with E-state index in [9.17, 15) is 10.5 Å². The SMILES string of the molecule is N#CC(C#N)=C(/C=C/c1ccncc1)c1ccc2c(c1)Nc1ccccc1S2.O. The van der Waals surface area contributed by atoms with Crippen LogP contribution in [0.25, 0.3) is 11.6 Å². The average Bonchev–Trinajstić information content (AvgIpc) is 2.75. The highest BCUT2D eigenvalue weighted by atomic mass is 32.2. The summed E-state index contributed by atoms with van der Waals surface area (Å²) in [5.41, 5.74) is 4.45. The van der Waals surface area contributed by atoms with Crippen LogP contribution in [0, 0.1) is 22.7 Å². The topological polar surface area (TPSA) is 104 Å². The van der Waals surface area contributed by atoms with Gasteiger partial charge in [-0.25, -0.2) is 0 Å². The molecule has 140 valence electrons. The fraction of sp³-hybridized carbons (Fsp3) is 0. The summed E-state index contributed by atoms with van der Waals surface area (Å²) in [7, 11) is 0. The van der Waals surface area contributed by atoms with Crippen molar-refractivity contribution >= 4 is 34.8 Å². The number of aromatic nitrogens is 1. The number of nitrogens with one attached hydrogen (secondary N) is 1. The van der Waals surface area contributed by atoms with Crippen molar-refractivity contribution in [2.24, 2.45) is 0 Å². The van der Waals surface area contributed by atoms with Crippen LogP contribution in [-0.4, -0.2) is 10.5 Å². The molecule has 5 nitrogen and oxygen atoms in total. The number of hydrogen-bond donors (Lipinski definition) is 1. The van der Waals surface area contributed by atoms with Crippen molar-refractivity contribution in [3.63, 3.8) is 0 Å². The highest BCUT2D eigenvalue weighted by molar-refractivity contribution is 7.99.